The highest BCUT2D eigenvalue weighted by molar-refractivity contribution is 8.05. The maximum Gasteiger partial charge on any atom is 0.260 e. The van der Waals surface area contributed by atoms with E-state index < -0.39 is 47.3 Å². The van der Waals surface area contributed by atoms with Gasteiger partial charge in [-0.2, -0.15) is 0 Å². The minimum atomic E-state index is -1.15. The van der Waals surface area contributed by atoms with Gasteiger partial charge in [-0.15, -0.1) is 0 Å². The van der Waals surface area contributed by atoms with E-state index in [1.165, 1.54) is 0 Å². The van der Waals surface area contributed by atoms with Gasteiger partial charge in [0.05, 0.1) is 11.5 Å². The Labute approximate surface area is 316 Å². The standard InChI is InChI=1S/C32H52N14O7S/c33-25(48)20(5-1-13-40-29(34)35)44-27(50)22(7-3-15-42-31(38)39)45-26(49)21(6-2-14-41-30(36)37)43-24(47)8-4-16-53-19-11-9-18(10-12-19)17-23-28(51)46-32(52)54-23/h9-12,17,20-22,32,52H,1-8,13-16H2,(H2,33,48)(H,43,47)(H,44,50)(H,45,49)(H,46,51)(H4,34,35,40)(H4,36,37,41)(H4,38,39,42)/b23-17-/t20-,21-,22-,32?/m0/s1. The van der Waals surface area contributed by atoms with Gasteiger partial charge >= 0.3 is 0 Å². The van der Waals surface area contributed by atoms with Gasteiger partial charge in [-0.1, -0.05) is 23.9 Å². The molecule has 1 unspecified atom stereocenters. The lowest BCUT2D eigenvalue weighted by molar-refractivity contribution is -0.133. The van der Waals surface area contributed by atoms with Crippen molar-refractivity contribution in [2.75, 3.05) is 26.2 Å². The monoisotopic (exact) mass is 776 g/mol. The van der Waals surface area contributed by atoms with Crippen LogP contribution in [0.25, 0.3) is 6.08 Å². The molecule has 0 spiro atoms. The average molecular weight is 777 g/mol. The fraction of sp³-hybridized carbons (Fsp3) is 0.500. The molecule has 5 amide bonds. The molecule has 19 N–H and O–H groups in total. The largest absolute Gasteiger partial charge is 0.494 e. The maximum atomic E-state index is 13.6. The third-order valence-electron chi connectivity index (χ3n) is 7.49. The highest BCUT2D eigenvalue weighted by Crippen LogP contribution is 2.28. The predicted octanol–water partition coefficient (Wildman–Crippen LogP) is -3.57. The van der Waals surface area contributed by atoms with Gasteiger partial charge in [-0.25, -0.2) is 0 Å². The Hall–Kier alpha value is -5.77. The summed E-state index contributed by atoms with van der Waals surface area (Å²) >= 11 is 1.01. The first-order chi connectivity index (χ1) is 25.6. The normalized spacial score (nSPS) is 15.8. The van der Waals surface area contributed by atoms with Crippen LogP contribution in [0, 0.1) is 0 Å². The van der Waals surface area contributed by atoms with Crippen LogP contribution in [0.3, 0.4) is 0 Å². The van der Waals surface area contributed by atoms with Gasteiger partial charge in [-0.3, -0.25) is 38.9 Å². The maximum absolute atomic E-state index is 13.6. The van der Waals surface area contributed by atoms with E-state index in [9.17, 15) is 29.1 Å². The van der Waals surface area contributed by atoms with Crippen molar-refractivity contribution in [3.05, 3.63) is 34.7 Å². The van der Waals surface area contributed by atoms with Gasteiger partial charge in [0.25, 0.3) is 5.91 Å². The van der Waals surface area contributed by atoms with Crippen molar-refractivity contribution in [3.63, 3.8) is 0 Å². The fourth-order valence-electron chi connectivity index (χ4n) is 4.87. The van der Waals surface area contributed by atoms with E-state index in [1.807, 2.05) is 0 Å². The van der Waals surface area contributed by atoms with E-state index in [4.69, 9.17) is 44.9 Å². The molecule has 0 saturated carbocycles. The molecule has 22 heteroatoms. The molecular formula is C32H52N14O7S. The van der Waals surface area contributed by atoms with Crippen molar-refractivity contribution >= 4 is 65.3 Å². The molecule has 0 bridgehead atoms. The first kappa shape index (κ1) is 44.4. The van der Waals surface area contributed by atoms with Crippen molar-refractivity contribution in [2.45, 2.75) is 75.1 Å². The molecule has 1 fully saturated rings. The summed E-state index contributed by atoms with van der Waals surface area (Å²) in [6, 6.07) is 3.60. The number of nitrogens with zero attached hydrogens (tertiary/aromatic N) is 3. The fourth-order valence-corrected chi connectivity index (χ4v) is 5.64. The number of aliphatic imine (C=N–C) groups is 3. The Bertz CT molecular complexity index is 1540. The molecule has 298 valence electrons. The molecule has 54 heavy (non-hydrogen) atoms. The number of amides is 5. The van der Waals surface area contributed by atoms with Crippen LogP contribution in [-0.4, -0.2) is 102 Å². The lowest BCUT2D eigenvalue weighted by Gasteiger charge is -2.25. The van der Waals surface area contributed by atoms with E-state index in [-0.39, 0.29) is 82.1 Å². The summed E-state index contributed by atoms with van der Waals surface area (Å²) in [5.41, 5.74) is 37.6. The van der Waals surface area contributed by atoms with Crippen LogP contribution in [0.2, 0.25) is 0 Å². The Morgan fingerprint density at radius 3 is 1.70 bits per heavy atom. The molecule has 2 rings (SSSR count). The number of nitrogens with one attached hydrogen (secondary N) is 4. The lowest BCUT2D eigenvalue weighted by atomic mass is 10.1. The topological polar surface area (TPSA) is 382 Å². The summed E-state index contributed by atoms with van der Waals surface area (Å²) in [6.07, 6.45) is 3.24. The third-order valence-corrected chi connectivity index (χ3v) is 8.39. The highest BCUT2D eigenvalue weighted by Gasteiger charge is 2.29. The number of rotatable bonds is 24. The van der Waals surface area contributed by atoms with Crippen molar-refractivity contribution in [3.8, 4) is 5.75 Å². The van der Waals surface area contributed by atoms with E-state index in [0.717, 1.165) is 17.3 Å². The summed E-state index contributed by atoms with van der Waals surface area (Å²) in [4.78, 5) is 76.0. The van der Waals surface area contributed by atoms with E-state index in [2.05, 4.69) is 36.2 Å². The van der Waals surface area contributed by atoms with Gasteiger partial charge < -0.3 is 71.2 Å². The molecular weight excluding hydrogens is 725 g/mol. The number of guanidine groups is 3. The van der Waals surface area contributed by atoms with Crippen LogP contribution in [0.5, 0.6) is 5.75 Å². The second kappa shape index (κ2) is 23.7. The molecule has 0 radical (unpaired) electrons. The van der Waals surface area contributed by atoms with Crippen molar-refractivity contribution in [2.24, 2.45) is 55.1 Å². The molecule has 1 aromatic carbocycles. The molecule has 0 aliphatic carbocycles. The summed E-state index contributed by atoms with van der Waals surface area (Å²) in [7, 11) is 0. The first-order valence-corrected chi connectivity index (χ1v) is 18.0. The number of carbonyl (C=O) groups is 5. The van der Waals surface area contributed by atoms with Crippen LogP contribution < -0.4 is 66.1 Å². The molecule has 0 aromatic heterocycles. The van der Waals surface area contributed by atoms with Gasteiger partial charge in [0.2, 0.25) is 23.6 Å². The zero-order valence-corrected chi connectivity index (χ0v) is 30.7. The minimum Gasteiger partial charge on any atom is -0.494 e. The van der Waals surface area contributed by atoms with Crippen LogP contribution >= 0.6 is 11.8 Å². The Morgan fingerprint density at radius 2 is 1.24 bits per heavy atom. The number of aliphatic hydroxyl groups is 1. The van der Waals surface area contributed by atoms with E-state index in [0.29, 0.717) is 29.9 Å². The smallest absolute Gasteiger partial charge is 0.260 e. The molecule has 1 aliphatic rings. The average Bonchev–Trinajstić information content (AvgIpc) is 3.42. The van der Waals surface area contributed by atoms with Crippen LogP contribution in [0.4, 0.5) is 0 Å². The van der Waals surface area contributed by atoms with Gasteiger partial charge in [0.1, 0.15) is 23.9 Å². The van der Waals surface area contributed by atoms with Gasteiger partial charge in [0, 0.05) is 26.1 Å². The lowest BCUT2D eigenvalue weighted by Crippen LogP contribution is -2.56. The van der Waals surface area contributed by atoms with E-state index >= 15 is 0 Å². The number of primary amides is 1. The van der Waals surface area contributed by atoms with Crippen LogP contribution in [-0.2, 0) is 24.0 Å². The number of thioether (sulfide) groups is 1. The number of aliphatic hydroxyl groups excluding tert-OH is 1. The van der Waals surface area contributed by atoms with Crippen molar-refractivity contribution in [1.29, 1.82) is 0 Å². The number of nitrogens with two attached hydrogens (primary N) is 7. The molecule has 1 aliphatic heterocycles. The SMILES string of the molecule is NC(=O)[C@H](CCCN=C(N)N)NC(=O)[C@H](CCCN=C(N)N)NC(=O)[C@H](CCCN=C(N)N)NC(=O)CCCOc1ccc(/C=C2\SC(O)NC2=O)cc1. The Kier molecular flexibility index (Phi) is 19.5. The highest BCUT2D eigenvalue weighted by atomic mass is 32.2. The zero-order chi connectivity index (χ0) is 40.0. The second-order valence-electron chi connectivity index (χ2n) is 12.0. The quantitative estimate of drug-likeness (QED) is 0.0209. The third kappa shape index (κ3) is 18.1. The summed E-state index contributed by atoms with van der Waals surface area (Å²) in [6.45, 7) is 0.729. The minimum absolute atomic E-state index is 0.0130. The summed E-state index contributed by atoms with van der Waals surface area (Å²) in [5.74, 6) is -2.80. The van der Waals surface area contributed by atoms with Crippen LogP contribution in [0.15, 0.2) is 44.1 Å². The van der Waals surface area contributed by atoms with E-state index in [1.54, 1.807) is 30.3 Å². The Morgan fingerprint density at radius 1 is 0.759 bits per heavy atom. The molecule has 4 atom stereocenters. The van der Waals surface area contributed by atoms with Gasteiger partial charge in [0.15, 0.2) is 23.4 Å². The van der Waals surface area contributed by atoms with Crippen LogP contribution in [0.1, 0.15) is 56.9 Å². The number of ether oxygens (including phenoxy) is 1. The summed E-state index contributed by atoms with van der Waals surface area (Å²) in [5, 5.41) is 19.9. The second-order valence-corrected chi connectivity index (χ2v) is 13.1. The molecule has 1 saturated heterocycles. The zero-order valence-electron chi connectivity index (χ0n) is 29.9. The van der Waals surface area contributed by atoms with Gasteiger partial charge in [-0.05, 0) is 68.7 Å². The van der Waals surface area contributed by atoms with Crippen molar-refractivity contribution in [1.82, 2.24) is 21.3 Å². The molecule has 1 aromatic rings. The predicted molar refractivity (Wildman–Crippen MR) is 206 cm³/mol. The number of carbonyl (C=O) groups excluding carboxylic acids is 5. The molecule has 21 nitrogen and oxygen atoms in total. The first-order valence-electron chi connectivity index (χ1n) is 17.1. The number of hydrogen-bond acceptors (Lipinski definition) is 11. The van der Waals surface area contributed by atoms with Crippen molar-refractivity contribution < 1.29 is 33.8 Å². The number of hydrogen-bond donors (Lipinski definition) is 12. The summed E-state index contributed by atoms with van der Waals surface area (Å²) < 4.78 is 5.74. The number of benzene rings is 1. The molecule has 1 heterocycles. The Balaban J connectivity index is 2.05.